The van der Waals surface area contributed by atoms with Crippen LogP contribution < -0.4 is 5.32 Å². The zero-order valence-electron chi connectivity index (χ0n) is 13.7. The number of aromatic nitrogens is 4. The Morgan fingerprint density at radius 3 is 2.92 bits per heavy atom. The Morgan fingerprint density at radius 2 is 2.27 bits per heavy atom. The van der Waals surface area contributed by atoms with Crippen molar-refractivity contribution >= 4 is 53.9 Å². The fraction of sp³-hybridized carbons (Fsp3) is 0.538. The molecule has 140 valence electrons. The second-order valence-electron chi connectivity index (χ2n) is 5.44. The first-order valence-electron chi connectivity index (χ1n) is 7.67. The summed E-state index contributed by atoms with van der Waals surface area (Å²) in [6.45, 7) is 2.51. The number of β-lactam (4-membered cyclic amide) rings is 1. The lowest BCUT2D eigenvalue weighted by Gasteiger charge is -2.49. The predicted octanol–water partition coefficient (Wildman–Crippen LogP) is -0.546. The molecule has 1 aromatic rings. The van der Waals surface area contributed by atoms with Gasteiger partial charge < -0.3 is 10.4 Å². The fourth-order valence-electron chi connectivity index (χ4n) is 2.66. The third kappa shape index (κ3) is 3.42. The minimum Gasteiger partial charge on any atom is -0.477 e. The summed E-state index contributed by atoms with van der Waals surface area (Å²) in [6.07, 6.45) is 0. The van der Waals surface area contributed by atoms with Gasteiger partial charge >= 0.3 is 5.97 Å². The van der Waals surface area contributed by atoms with Crippen LogP contribution in [0.25, 0.3) is 0 Å². The van der Waals surface area contributed by atoms with Gasteiger partial charge in [0, 0.05) is 18.1 Å². The van der Waals surface area contributed by atoms with Crippen LogP contribution in [-0.4, -0.2) is 76.7 Å². The van der Waals surface area contributed by atoms with Crippen LogP contribution in [0, 0.1) is 0 Å². The van der Waals surface area contributed by atoms with E-state index < -0.39 is 23.3 Å². The van der Waals surface area contributed by atoms with Gasteiger partial charge in [0.1, 0.15) is 17.1 Å². The van der Waals surface area contributed by atoms with E-state index in [1.54, 1.807) is 4.68 Å². The molecule has 3 rings (SSSR count). The zero-order valence-corrected chi connectivity index (χ0v) is 16.2. The van der Waals surface area contributed by atoms with Crippen LogP contribution in [0.15, 0.2) is 16.4 Å². The summed E-state index contributed by atoms with van der Waals surface area (Å²) in [6, 6.07) is -0.712. The number of nitrogens with one attached hydrogen (secondary N) is 1. The highest BCUT2D eigenvalue weighted by atomic mass is 32.2. The molecule has 2 amide bonds. The number of fused-ring (bicyclic) bond motifs is 1. The molecule has 1 fully saturated rings. The Balaban J connectivity index is 1.77. The number of thioether (sulfide) groups is 2. The van der Waals surface area contributed by atoms with Gasteiger partial charge in [-0.25, -0.2) is 9.48 Å². The molecule has 2 N–H and O–H groups in total. The number of nitrogens with zero attached hydrogens (tertiary/aromatic N) is 5. The van der Waals surface area contributed by atoms with Gasteiger partial charge in [-0.05, 0) is 22.9 Å². The van der Waals surface area contributed by atoms with E-state index in [1.165, 1.54) is 28.4 Å². The van der Waals surface area contributed by atoms with Crippen LogP contribution in [0.5, 0.6) is 0 Å². The summed E-state index contributed by atoms with van der Waals surface area (Å²) in [5.41, 5.74) is 0.611. The molecule has 1 saturated heterocycles. The molecule has 2 aliphatic rings. The van der Waals surface area contributed by atoms with Crippen LogP contribution in [0.2, 0.25) is 0 Å². The highest BCUT2D eigenvalue weighted by Gasteiger charge is 2.54. The third-order valence-corrected chi connectivity index (χ3v) is 6.55. The van der Waals surface area contributed by atoms with E-state index >= 15 is 0 Å². The van der Waals surface area contributed by atoms with Gasteiger partial charge in [-0.15, -0.1) is 16.9 Å². The molecule has 1 unspecified atom stereocenters. The van der Waals surface area contributed by atoms with Crippen LogP contribution in [0.1, 0.15) is 6.92 Å². The summed E-state index contributed by atoms with van der Waals surface area (Å²) < 4.78 is 1.61. The highest BCUT2D eigenvalue weighted by molar-refractivity contribution is 8.01. The van der Waals surface area contributed by atoms with Gasteiger partial charge in [-0.2, -0.15) is 12.6 Å². The Bertz CT molecular complexity index is 782. The number of aryl methyl sites for hydroxylation is 1. The standard InChI is InChI=1S/C13H16N6O4S3/c1-2-18-13(15-16-17-18)26-5-6-4-25-11-8(14-7(20)3-24)10(21)19(11)9(6)12(22)23/h8,11,24H,2-5H2,1H3,(H,14,20)(H,22,23)/t8?,11-/m1/s1. The Labute approximate surface area is 162 Å². The number of aliphatic carboxylic acids is 1. The van der Waals surface area contributed by atoms with E-state index in [0.717, 1.165) is 0 Å². The van der Waals surface area contributed by atoms with Crippen molar-refractivity contribution in [3.05, 3.63) is 11.3 Å². The van der Waals surface area contributed by atoms with E-state index in [2.05, 4.69) is 33.5 Å². The van der Waals surface area contributed by atoms with Crippen molar-refractivity contribution in [1.29, 1.82) is 0 Å². The van der Waals surface area contributed by atoms with Gasteiger partial charge in [-0.3, -0.25) is 14.5 Å². The van der Waals surface area contributed by atoms with Crippen molar-refractivity contribution < 1.29 is 19.5 Å². The molecule has 0 radical (unpaired) electrons. The Morgan fingerprint density at radius 1 is 1.50 bits per heavy atom. The molecule has 10 nitrogen and oxygen atoms in total. The average Bonchev–Trinajstić information content (AvgIpc) is 3.10. The molecular weight excluding hydrogens is 400 g/mol. The molecule has 0 aromatic carbocycles. The predicted molar refractivity (Wildman–Crippen MR) is 97.8 cm³/mol. The molecular formula is C13H16N6O4S3. The summed E-state index contributed by atoms with van der Waals surface area (Å²) >= 11 is 6.62. The number of amides is 2. The first kappa shape index (κ1) is 19.0. The molecule has 0 aliphatic carbocycles. The molecule has 0 saturated carbocycles. The fourth-order valence-corrected chi connectivity index (χ4v) is 5.18. The molecule has 3 heterocycles. The van der Waals surface area contributed by atoms with Gasteiger partial charge in [0.2, 0.25) is 11.1 Å². The lowest BCUT2D eigenvalue weighted by molar-refractivity contribution is -0.150. The van der Waals surface area contributed by atoms with Crippen LogP contribution in [0.3, 0.4) is 0 Å². The first-order chi connectivity index (χ1) is 12.5. The maximum atomic E-state index is 12.4. The number of rotatable bonds is 7. The lowest BCUT2D eigenvalue weighted by atomic mass is 10.0. The lowest BCUT2D eigenvalue weighted by Crippen LogP contribution is -2.70. The number of carboxylic acid groups (broad SMARTS) is 1. The summed E-state index contributed by atoms with van der Waals surface area (Å²) in [5.74, 6) is -1.16. The van der Waals surface area contributed by atoms with Crippen molar-refractivity contribution in [1.82, 2.24) is 30.4 Å². The first-order valence-corrected chi connectivity index (χ1v) is 10.3. The number of carbonyl (C=O) groups is 3. The number of hydrogen-bond donors (Lipinski definition) is 3. The normalized spacial score (nSPS) is 22.1. The number of carboxylic acids is 1. The number of thiol groups is 1. The quantitative estimate of drug-likeness (QED) is 0.304. The van der Waals surface area contributed by atoms with Crippen LogP contribution in [-0.2, 0) is 20.9 Å². The Kier molecular flexibility index (Phi) is 5.77. The average molecular weight is 417 g/mol. The molecule has 0 bridgehead atoms. The maximum Gasteiger partial charge on any atom is 0.352 e. The maximum absolute atomic E-state index is 12.4. The Hall–Kier alpha value is -1.73. The minimum atomic E-state index is -1.16. The van der Waals surface area contributed by atoms with Gasteiger partial charge in [0.05, 0.1) is 5.75 Å². The summed E-state index contributed by atoms with van der Waals surface area (Å²) in [7, 11) is 0. The van der Waals surface area contributed by atoms with Crippen LogP contribution in [0.4, 0.5) is 0 Å². The van der Waals surface area contributed by atoms with E-state index in [4.69, 9.17) is 0 Å². The molecule has 0 spiro atoms. The molecule has 26 heavy (non-hydrogen) atoms. The monoisotopic (exact) mass is 416 g/mol. The van der Waals surface area contributed by atoms with Gasteiger partial charge in [0.25, 0.3) is 5.91 Å². The number of tetrazole rings is 1. The van der Waals surface area contributed by atoms with Crippen molar-refractivity contribution in [2.75, 3.05) is 17.3 Å². The highest BCUT2D eigenvalue weighted by Crippen LogP contribution is 2.41. The number of carbonyl (C=O) groups excluding carboxylic acids is 2. The molecule has 13 heteroatoms. The molecule has 2 aliphatic heterocycles. The van der Waals surface area contributed by atoms with E-state index in [1.807, 2.05) is 6.92 Å². The van der Waals surface area contributed by atoms with E-state index in [0.29, 0.717) is 28.8 Å². The van der Waals surface area contributed by atoms with Crippen LogP contribution >= 0.6 is 36.2 Å². The van der Waals surface area contributed by atoms with Crippen molar-refractivity contribution in [3.8, 4) is 0 Å². The smallest absolute Gasteiger partial charge is 0.352 e. The molecule has 1 aromatic heterocycles. The topological polar surface area (TPSA) is 130 Å². The second kappa shape index (κ2) is 7.88. The van der Waals surface area contributed by atoms with Gasteiger partial charge in [0.15, 0.2) is 0 Å². The van der Waals surface area contributed by atoms with Crippen molar-refractivity contribution in [2.24, 2.45) is 0 Å². The zero-order chi connectivity index (χ0) is 18.8. The van der Waals surface area contributed by atoms with E-state index in [9.17, 15) is 19.5 Å². The minimum absolute atomic E-state index is 0.0156. The summed E-state index contributed by atoms with van der Waals surface area (Å²) in [4.78, 5) is 36.9. The van der Waals surface area contributed by atoms with Crippen molar-refractivity contribution in [3.63, 3.8) is 0 Å². The second-order valence-corrected chi connectivity index (χ2v) is 7.80. The van der Waals surface area contributed by atoms with E-state index in [-0.39, 0.29) is 17.4 Å². The molecule has 2 atom stereocenters. The number of hydrogen-bond acceptors (Lipinski definition) is 9. The van der Waals surface area contributed by atoms with Crippen molar-refractivity contribution in [2.45, 2.75) is 30.0 Å². The summed E-state index contributed by atoms with van der Waals surface area (Å²) in [5, 5.41) is 23.7. The van der Waals surface area contributed by atoms with Gasteiger partial charge in [-0.1, -0.05) is 11.8 Å². The SMILES string of the molecule is CCn1nnnc1SCC1=C(C(=O)O)N2C(=O)C(NC(=O)CS)[C@H]2SC1. The largest absolute Gasteiger partial charge is 0.477 e. The third-order valence-electron chi connectivity index (χ3n) is 3.88.